The van der Waals surface area contributed by atoms with Gasteiger partial charge in [-0.3, -0.25) is 9.59 Å². The van der Waals surface area contributed by atoms with E-state index in [-0.39, 0.29) is 18.4 Å². The smallest absolute Gasteiger partial charge is 0.251 e. The first kappa shape index (κ1) is 12.6. The molecule has 1 aliphatic carbocycles. The molecule has 0 unspecified atom stereocenters. The second-order valence-corrected chi connectivity index (χ2v) is 4.60. The van der Waals surface area contributed by atoms with Gasteiger partial charge in [0, 0.05) is 11.6 Å². The Balaban J connectivity index is 1.74. The Morgan fingerprint density at radius 1 is 1.11 bits per heavy atom. The van der Waals surface area contributed by atoms with Crippen LogP contribution in [-0.2, 0) is 4.79 Å². The number of carbonyl (C=O) groups is 2. The van der Waals surface area contributed by atoms with Crippen molar-refractivity contribution in [2.75, 3.05) is 6.54 Å². The van der Waals surface area contributed by atoms with Crippen molar-refractivity contribution in [1.29, 1.82) is 0 Å². The molecular weight excluding hydrogens is 228 g/mol. The van der Waals surface area contributed by atoms with Crippen molar-refractivity contribution in [1.82, 2.24) is 10.6 Å². The average Bonchev–Trinajstić information content (AvgIpc) is 2.90. The van der Waals surface area contributed by atoms with Gasteiger partial charge in [-0.15, -0.1) is 0 Å². The van der Waals surface area contributed by atoms with Gasteiger partial charge in [0.2, 0.25) is 5.91 Å². The van der Waals surface area contributed by atoms with Crippen LogP contribution < -0.4 is 10.6 Å². The molecule has 96 valence electrons. The van der Waals surface area contributed by atoms with Gasteiger partial charge in [-0.25, -0.2) is 0 Å². The molecule has 1 fully saturated rings. The number of amides is 2. The van der Waals surface area contributed by atoms with Crippen LogP contribution in [0, 0.1) is 0 Å². The largest absolute Gasteiger partial charge is 0.352 e. The molecule has 4 nitrogen and oxygen atoms in total. The first-order valence-corrected chi connectivity index (χ1v) is 6.38. The van der Waals surface area contributed by atoms with Gasteiger partial charge in [0.05, 0.1) is 6.54 Å². The zero-order valence-electron chi connectivity index (χ0n) is 10.3. The highest BCUT2D eigenvalue weighted by Gasteiger charge is 2.17. The summed E-state index contributed by atoms with van der Waals surface area (Å²) in [6.45, 7) is 0.0459. The van der Waals surface area contributed by atoms with Crippen LogP contribution in [0.4, 0.5) is 0 Å². The number of benzene rings is 1. The highest BCUT2D eigenvalue weighted by Crippen LogP contribution is 2.17. The van der Waals surface area contributed by atoms with E-state index in [1.807, 2.05) is 6.07 Å². The number of rotatable bonds is 4. The summed E-state index contributed by atoms with van der Waals surface area (Å²) in [5.74, 6) is -0.316. The molecule has 1 aliphatic rings. The fraction of sp³-hybridized carbons (Fsp3) is 0.429. The molecule has 1 aromatic rings. The molecule has 0 bridgehead atoms. The van der Waals surface area contributed by atoms with Gasteiger partial charge in [-0.2, -0.15) is 0 Å². The number of nitrogens with one attached hydrogen (secondary N) is 2. The summed E-state index contributed by atoms with van der Waals surface area (Å²) in [7, 11) is 0. The van der Waals surface area contributed by atoms with E-state index in [0.29, 0.717) is 11.6 Å². The summed E-state index contributed by atoms with van der Waals surface area (Å²) in [6.07, 6.45) is 4.47. The Morgan fingerprint density at radius 3 is 2.44 bits per heavy atom. The van der Waals surface area contributed by atoms with Crippen LogP contribution in [0.1, 0.15) is 36.0 Å². The van der Waals surface area contributed by atoms with Crippen molar-refractivity contribution in [2.45, 2.75) is 31.7 Å². The van der Waals surface area contributed by atoms with Crippen LogP contribution in [0.5, 0.6) is 0 Å². The fourth-order valence-electron chi connectivity index (χ4n) is 2.20. The Kier molecular flexibility index (Phi) is 4.34. The van der Waals surface area contributed by atoms with Crippen molar-refractivity contribution < 1.29 is 9.59 Å². The Labute approximate surface area is 107 Å². The van der Waals surface area contributed by atoms with Gasteiger partial charge in [0.25, 0.3) is 5.91 Å². The van der Waals surface area contributed by atoms with Crippen LogP contribution in [0.3, 0.4) is 0 Å². The molecule has 0 heterocycles. The van der Waals surface area contributed by atoms with E-state index >= 15 is 0 Å². The highest BCUT2D eigenvalue weighted by molar-refractivity contribution is 5.96. The van der Waals surface area contributed by atoms with Gasteiger partial charge in [0.1, 0.15) is 0 Å². The second kappa shape index (κ2) is 6.19. The fourth-order valence-corrected chi connectivity index (χ4v) is 2.20. The molecule has 2 rings (SSSR count). The molecule has 0 aromatic heterocycles. The Hall–Kier alpha value is -1.84. The van der Waals surface area contributed by atoms with E-state index in [0.717, 1.165) is 12.8 Å². The number of carbonyl (C=O) groups excluding carboxylic acids is 2. The molecular formula is C14H18N2O2. The van der Waals surface area contributed by atoms with E-state index in [9.17, 15) is 9.59 Å². The summed E-state index contributed by atoms with van der Waals surface area (Å²) in [6, 6.07) is 9.20. The minimum atomic E-state index is -0.211. The monoisotopic (exact) mass is 246 g/mol. The second-order valence-electron chi connectivity index (χ2n) is 4.60. The van der Waals surface area contributed by atoms with Crippen molar-refractivity contribution in [3.05, 3.63) is 35.9 Å². The number of hydrogen-bond donors (Lipinski definition) is 2. The van der Waals surface area contributed by atoms with Crippen LogP contribution in [0.15, 0.2) is 30.3 Å². The molecule has 0 aliphatic heterocycles. The molecule has 1 aromatic carbocycles. The molecule has 0 saturated heterocycles. The zero-order chi connectivity index (χ0) is 12.8. The van der Waals surface area contributed by atoms with Gasteiger partial charge < -0.3 is 10.6 Å². The molecule has 2 amide bonds. The molecule has 2 N–H and O–H groups in total. The zero-order valence-corrected chi connectivity index (χ0v) is 10.3. The minimum Gasteiger partial charge on any atom is -0.352 e. The predicted octanol–water partition coefficient (Wildman–Crippen LogP) is 1.48. The summed E-state index contributed by atoms with van der Waals surface area (Å²) >= 11 is 0. The van der Waals surface area contributed by atoms with E-state index < -0.39 is 0 Å². The van der Waals surface area contributed by atoms with E-state index in [1.165, 1.54) is 12.8 Å². The average molecular weight is 246 g/mol. The van der Waals surface area contributed by atoms with Crippen LogP contribution in [-0.4, -0.2) is 24.4 Å². The first-order chi connectivity index (χ1) is 8.75. The normalized spacial score (nSPS) is 15.3. The lowest BCUT2D eigenvalue weighted by Crippen LogP contribution is -2.40. The van der Waals surface area contributed by atoms with Crippen molar-refractivity contribution in [3.8, 4) is 0 Å². The third-order valence-electron chi connectivity index (χ3n) is 3.17. The molecule has 18 heavy (non-hydrogen) atoms. The summed E-state index contributed by atoms with van der Waals surface area (Å²) < 4.78 is 0. The van der Waals surface area contributed by atoms with Crippen molar-refractivity contribution >= 4 is 11.8 Å². The minimum absolute atomic E-state index is 0.0459. The maximum atomic E-state index is 11.7. The molecule has 1 saturated carbocycles. The summed E-state index contributed by atoms with van der Waals surface area (Å²) in [5.41, 5.74) is 0.575. The van der Waals surface area contributed by atoms with Gasteiger partial charge >= 0.3 is 0 Å². The van der Waals surface area contributed by atoms with Gasteiger partial charge in [0.15, 0.2) is 0 Å². The lowest BCUT2D eigenvalue weighted by Gasteiger charge is -2.12. The van der Waals surface area contributed by atoms with Gasteiger partial charge in [-0.1, -0.05) is 31.0 Å². The lowest BCUT2D eigenvalue weighted by atomic mass is 10.2. The van der Waals surface area contributed by atoms with Crippen LogP contribution >= 0.6 is 0 Å². The van der Waals surface area contributed by atoms with Crippen molar-refractivity contribution in [3.63, 3.8) is 0 Å². The topological polar surface area (TPSA) is 58.2 Å². The third kappa shape index (κ3) is 3.58. The maximum Gasteiger partial charge on any atom is 0.251 e. The number of hydrogen-bond acceptors (Lipinski definition) is 2. The molecule has 0 radical (unpaired) electrons. The molecule has 0 spiro atoms. The van der Waals surface area contributed by atoms with Crippen molar-refractivity contribution in [2.24, 2.45) is 0 Å². The third-order valence-corrected chi connectivity index (χ3v) is 3.17. The summed E-state index contributed by atoms with van der Waals surface area (Å²) in [5, 5.41) is 5.55. The lowest BCUT2D eigenvalue weighted by molar-refractivity contribution is -0.120. The highest BCUT2D eigenvalue weighted by atomic mass is 16.2. The quantitative estimate of drug-likeness (QED) is 0.845. The molecule has 0 atom stereocenters. The SMILES string of the molecule is O=C(CNC(=O)c1ccccc1)NC1CCCC1. The van der Waals surface area contributed by atoms with Crippen LogP contribution in [0.2, 0.25) is 0 Å². The van der Waals surface area contributed by atoms with E-state index in [2.05, 4.69) is 10.6 Å². The first-order valence-electron chi connectivity index (χ1n) is 6.38. The van der Waals surface area contributed by atoms with Gasteiger partial charge in [-0.05, 0) is 25.0 Å². The maximum absolute atomic E-state index is 11.7. The molecule has 4 heteroatoms. The van der Waals surface area contributed by atoms with Crippen LogP contribution in [0.25, 0.3) is 0 Å². The summed E-state index contributed by atoms with van der Waals surface area (Å²) in [4.78, 5) is 23.3. The van der Waals surface area contributed by atoms with E-state index in [1.54, 1.807) is 24.3 Å². The van der Waals surface area contributed by atoms with E-state index in [4.69, 9.17) is 0 Å². The Bertz CT molecular complexity index is 411. The Morgan fingerprint density at radius 2 is 1.78 bits per heavy atom. The predicted molar refractivity (Wildman–Crippen MR) is 69.2 cm³/mol. The standard InChI is InChI=1S/C14H18N2O2/c17-13(16-12-8-4-5-9-12)10-15-14(18)11-6-2-1-3-7-11/h1-3,6-7,12H,4-5,8-10H2,(H,15,18)(H,16,17).